The van der Waals surface area contributed by atoms with E-state index in [9.17, 15) is 20.6 Å². The van der Waals surface area contributed by atoms with Crippen LogP contribution < -0.4 is 10.5 Å². The van der Waals surface area contributed by atoms with Crippen LogP contribution in [-0.4, -0.2) is 37.8 Å². The summed E-state index contributed by atoms with van der Waals surface area (Å²) in [6.45, 7) is 2.36. The molecule has 0 bridgehead atoms. The van der Waals surface area contributed by atoms with Crippen molar-refractivity contribution in [3.05, 3.63) is 52.7 Å². The minimum atomic E-state index is -1.79. The van der Waals surface area contributed by atoms with Crippen LogP contribution in [0.3, 0.4) is 0 Å². The number of nitrogens with zero attached hydrogens (tertiary/aromatic N) is 4. The number of benzene rings is 1. The molecular weight excluding hydrogens is 382 g/mol. The molecule has 3 rings (SSSR count). The van der Waals surface area contributed by atoms with Crippen molar-refractivity contribution in [2.24, 2.45) is 17.1 Å². The second kappa shape index (κ2) is 8.19. The molecule has 152 valence electrons. The van der Waals surface area contributed by atoms with E-state index in [1.165, 1.54) is 12.0 Å². The van der Waals surface area contributed by atoms with Crippen molar-refractivity contribution in [1.82, 2.24) is 4.90 Å². The van der Waals surface area contributed by atoms with Gasteiger partial charge in [-0.2, -0.15) is 15.8 Å². The Hall–Kier alpha value is -3.96. The van der Waals surface area contributed by atoms with Crippen molar-refractivity contribution in [3.8, 4) is 24.0 Å². The summed E-state index contributed by atoms with van der Waals surface area (Å²) in [7, 11) is 1.50. The zero-order valence-electron chi connectivity index (χ0n) is 16.8. The third kappa shape index (κ3) is 3.02. The Bertz CT molecular complexity index is 1040. The monoisotopic (exact) mass is 403 g/mol. The average molecular weight is 403 g/mol. The first-order chi connectivity index (χ1) is 14.5. The van der Waals surface area contributed by atoms with Crippen LogP contribution in [0.5, 0.6) is 5.75 Å². The van der Waals surface area contributed by atoms with Crippen molar-refractivity contribution >= 4 is 6.09 Å². The summed E-state index contributed by atoms with van der Waals surface area (Å²) < 4.78 is 10.6. The van der Waals surface area contributed by atoms with Gasteiger partial charge in [0.15, 0.2) is 5.41 Å². The van der Waals surface area contributed by atoms with Gasteiger partial charge in [0.05, 0.1) is 37.1 Å². The maximum Gasteiger partial charge on any atom is 0.410 e. The third-order valence-electron chi connectivity index (χ3n) is 5.66. The number of nitrogens with two attached hydrogens (primary N) is 1. The van der Waals surface area contributed by atoms with E-state index in [2.05, 4.69) is 18.2 Å². The Morgan fingerprint density at radius 2 is 2.00 bits per heavy atom. The highest BCUT2D eigenvalue weighted by Gasteiger charge is 2.55. The molecule has 0 fully saturated rings. The molecule has 1 aromatic carbocycles. The van der Waals surface area contributed by atoms with Crippen LogP contribution in [0, 0.1) is 45.3 Å². The Balaban J connectivity index is 2.28. The molecule has 8 nitrogen and oxygen atoms in total. The number of allylic oxidation sites excluding steroid dienone is 2. The van der Waals surface area contributed by atoms with E-state index in [1.54, 1.807) is 37.3 Å². The number of carbonyl (C=O) groups excluding carboxylic acids is 1. The van der Waals surface area contributed by atoms with Gasteiger partial charge in [0.1, 0.15) is 11.8 Å². The van der Waals surface area contributed by atoms with Gasteiger partial charge >= 0.3 is 6.09 Å². The zero-order chi connectivity index (χ0) is 21.9. The Morgan fingerprint density at radius 1 is 1.30 bits per heavy atom. The molecule has 1 aliphatic carbocycles. The number of rotatable bonds is 3. The van der Waals surface area contributed by atoms with Gasteiger partial charge in [-0.15, -0.1) is 0 Å². The summed E-state index contributed by atoms with van der Waals surface area (Å²) in [4.78, 5) is 13.9. The van der Waals surface area contributed by atoms with Gasteiger partial charge in [0.25, 0.3) is 0 Å². The molecule has 1 amide bonds. The number of fused-ring (bicyclic) bond motifs is 1. The van der Waals surface area contributed by atoms with Crippen LogP contribution in [0.4, 0.5) is 4.79 Å². The summed E-state index contributed by atoms with van der Waals surface area (Å²) in [6, 6.07) is 13.3. The van der Waals surface area contributed by atoms with Crippen LogP contribution >= 0.6 is 0 Å². The fourth-order valence-electron chi connectivity index (χ4n) is 4.31. The van der Waals surface area contributed by atoms with E-state index < -0.39 is 23.3 Å². The highest BCUT2D eigenvalue weighted by molar-refractivity contribution is 5.69. The summed E-state index contributed by atoms with van der Waals surface area (Å²) >= 11 is 0. The smallest absolute Gasteiger partial charge is 0.410 e. The largest absolute Gasteiger partial charge is 0.496 e. The standard InChI is InChI=1S/C22H21N5O3/c1-3-30-21(28)27-9-8-14-16(10-23)20(26)22(12-24,13-25)19(17(14)11-27)15-6-4-5-7-18(15)29-2/h4-8,17,19H,3,9,11,26H2,1-2H3/t17-,19+/m1/s1. The minimum Gasteiger partial charge on any atom is -0.496 e. The van der Waals surface area contributed by atoms with Crippen LogP contribution in [0.25, 0.3) is 0 Å². The number of nitriles is 3. The third-order valence-corrected chi connectivity index (χ3v) is 5.66. The van der Waals surface area contributed by atoms with Crippen molar-refractivity contribution < 1.29 is 14.3 Å². The zero-order valence-corrected chi connectivity index (χ0v) is 16.8. The number of amides is 1. The summed E-state index contributed by atoms with van der Waals surface area (Å²) in [5, 5.41) is 30.0. The summed E-state index contributed by atoms with van der Waals surface area (Å²) in [5.74, 6) is -0.761. The SMILES string of the molecule is CCOC(=O)N1CC=C2C(C#N)=C(N)C(C#N)(C#N)[C@@H](c3ccccc3OC)[C@@H]2C1. The van der Waals surface area contributed by atoms with E-state index in [0.29, 0.717) is 16.9 Å². The molecule has 0 spiro atoms. The van der Waals surface area contributed by atoms with E-state index in [1.807, 2.05) is 0 Å². The fraction of sp³-hybridized carbons (Fsp3) is 0.364. The first-order valence-electron chi connectivity index (χ1n) is 9.46. The molecule has 0 saturated heterocycles. The first kappa shape index (κ1) is 20.8. The Kier molecular flexibility index (Phi) is 5.67. The molecule has 0 unspecified atom stereocenters. The number of carbonyl (C=O) groups is 1. The molecule has 8 heteroatoms. The Labute approximate surface area is 175 Å². The van der Waals surface area contributed by atoms with Gasteiger partial charge in [0, 0.05) is 30.5 Å². The highest BCUT2D eigenvalue weighted by atomic mass is 16.6. The topological polar surface area (TPSA) is 136 Å². The lowest BCUT2D eigenvalue weighted by Crippen LogP contribution is -2.49. The van der Waals surface area contributed by atoms with Crippen LogP contribution in [-0.2, 0) is 4.74 Å². The normalized spacial score (nSPS) is 22.0. The second-order valence-electron chi connectivity index (χ2n) is 7.02. The van der Waals surface area contributed by atoms with Gasteiger partial charge in [-0.25, -0.2) is 4.79 Å². The van der Waals surface area contributed by atoms with Gasteiger partial charge in [-0.3, -0.25) is 0 Å². The molecule has 2 atom stereocenters. The van der Waals surface area contributed by atoms with E-state index in [0.717, 1.165) is 0 Å². The quantitative estimate of drug-likeness (QED) is 0.819. The number of para-hydroxylation sites is 1. The summed E-state index contributed by atoms with van der Waals surface area (Å²) in [5.41, 5.74) is 5.79. The number of ether oxygens (including phenoxy) is 2. The molecule has 1 aromatic rings. The Morgan fingerprint density at radius 3 is 2.60 bits per heavy atom. The highest BCUT2D eigenvalue weighted by Crippen LogP contribution is 2.55. The maximum absolute atomic E-state index is 12.4. The molecule has 0 aromatic heterocycles. The van der Waals surface area contributed by atoms with Crippen LogP contribution in [0.2, 0.25) is 0 Å². The van der Waals surface area contributed by atoms with Crippen molar-refractivity contribution in [2.75, 3.05) is 26.8 Å². The summed E-state index contributed by atoms with van der Waals surface area (Å²) in [6.07, 6.45) is 1.25. The van der Waals surface area contributed by atoms with E-state index in [-0.39, 0.29) is 31.0 Å². The molecule has 1 aliphatic heterocycles. The molecule has 2 N–H and O–H groups in total. The maximum atomic E-state index is 12.4. The van der Waals surface area contributed by atoms with Crippen molar-refractivity contribution in [3.63, 3.8) is 0 Å². The van der Waals surface area contributed by atoms with E-state index >= 15 is 0 Å². The molecule has 0 saturated carbocycles. The number of hydrogen-bond donors (Lipinski definition) is 1. The molecule has 1 heterocycles. The molecule has 30 heavy (non-hydrogen) atoms. The predicted octanol–water partition coefficient (Wildman–Crippen LogP) is 2.58. The van der Waals surface area contributed by atoms with Gasteiger partial charge in [-0.1, -0.05) is 24.3 Å². The molecule has 2 aliphatic rings. The second-order valence-corrected chi connectivity index (χ2v) is 7.02. The van der Waals surface area contributed by atoms with E-state index in [4.69, 9.17) is 15.2 Å². The predicted molar refractivity (Wildman–Crippen MR) is 106 cm³/mol. The first-order valence-corrected chi connectivity index (χ1v) is 9.46. The van der Waals surface area contributed by atoms with Crippen molar-refractivity contribution in [1.29, 1.82) is 15.8 Å². The lowest BCUT2D eigenvalue weighted by Gasteiger charge is -2.45. The van der Waals surface area contributed by atoms with Crippen LogP contribution in [0.1, 0.15) is 18.4 Å². The fourth-order valence-corrected chi connectivity index (χ4v) is 4.31. The minimum absolute atomic E-state index is 0.0713. The van der Waals surface area contributed by atoms with Gasteiger partial charge in [-0.05, 0) is 18.6 Å². The lowest BCUT2D eigenvalue weighted by molar-refractivity contribution is 0.0998. The van der Waals surface area contributed by atoms with Crippen molar-refractivity contribution in [2.45, 2.75) is 12.8 Å². The van der Waals surface area contributed by atoms with Gasteiger partial charge in [0.2, 0.25) is 0 Å². The van der Waals surface area contributed by atoms with Crippen LogP contribution in [0.15, 0.2) is 47.2 Å². The molecule has 0 radical (unpaired) electrons. The lowest BCUT2D eigenvalue weighted by atomic mass is 9.58. The van der Waals surface area contributed by atoms with Gasteiger partial charge < -0.3 is 20.1 Å². The number of methoxy groups -OCH3 is 1. The molecular formula is C22H21N5O3. The number of hydrogen-bond acceptors (Lipinski definition) is 7. The average Bonchev–Trinajstić information content (AvgIpc) is 2.78.